The summed E-state index contributed by atoms with van der Waals surface area (Å²) in [6, 6.07) is -0.243. The van der Waals surface area contributed by atoms with Gasteiger partial charge in [-0.1, -0.05) is 13.8 Å². The molecular weight excluding hydrogens is 272 g/mol. The first-order valence-electron chi connectivity index (χ1n) is 7.00. The van der Waals surface area contributed by atoms with E-state index in [0.29, 0.717) is 19.5 Å². The van der Waals surface area contributed by atoms with E-state index in [-0.39, 0.29) is 17.9 Å². The van der Waals surface area contributed by atoms with Gasteiger partial charge in [0, 0.05) is 32.4 Å². The van der Waals surface area contributed by atoms with Crippen molar-refractivity contribution >= 4 is 12.0 Å². The number of amides is 2. The van der Waals surface area contributed by atoms with Crippen LogP contribution in [0.5, 0.6) is 0 Å². The van der Waals surface area contributed by atoms with Crippen molar-refractivity contribution in [3.05, 3.63) is 18.2 Å². The molecule has 0 radical (unpaired) electrons. The number of nitrogens with zero attached hydrogens (tertiary/aromatic N) is 2. The molecule has 0 atom stereocenters. The van der Waals surface area contributed by atoms with Crippen LogP contribution in [0.15, 0.2) is 12.4 Å². The number of rotatable bonds is 8. The van der Waals surface area contributed by atoms with Crippen molar-refractivity contribution in [2.45, 2.75) is 39.7 Å². The van der Waals surface area contributed by atoms with Crippen molar-refractivity contribution in [1.29, 1.82) is 0 Å². The molecule has 0 saturated carbocycles. The van der Waals surface area contributed by atoms with Crippen LogP contribution in [0, 0.1) is 5.41 Å². The number of nitrogens with one attached hydrogen (secondary N) is 2. The largest absolute Gasteiger partial charge is 0.481 e. The summed E-state index contributed by atoms with van der Waals surface area (Å²) in [5.74, 6) is -0.00390. The lowest BCUT2D eigenvalue weighted by atomic mass is 9.84. The molecule has 0 unspecified atom stereocenters. The van der Waals surface area contributed by atoms with E-state index in [4.69, 9.17) is 5.11 Å². The minimum absolute atomic E-state index is 0.106. The zero-order chi connectivity index (χ0) is 15.9. The Balaban J connectivity index is 2.21. The summed E-state index contributed by atoms with van der Waals surface area (Å²) in [7, 11) is 1.87. The molecular formula is C14H24N4O3. The van der Waals surface area contributed by atoms with Gasteiger partial charge in [0.15, 0.2) is 0 Å². The topological polar surface area (TPSA) is 96.3 Å². The molecule has 3 N–H and O–H groups in total. The van der Waals surface area contributed by atoms with Gasteiger partial charge in [0.05, 0.1) is 6.54 Å². The van der Waals surface area contributed by atoms with Crippen LogP contribution < -0.4 is 10.6 Å². The molecule has 0 fully saturated rings. The molecule has 0 saturated heterocycles. The summed E-state index contributed by atoms with van der Waals surface area (Å²) in [6.07, 6.45) is 4.98. The average Bonchev–Trinajstić information content (AvgIpc) is 2.79. The summed E-state index contributed by atoms with van der Waals surface area (Å²) in [6.45, 7) is 4.89. The minimum atomic E-state index is -0.788. The fraction of sp³-hybridized carbons (Fsp3) is 0.643. The van der Waals surface area contributed by atoms with Gasteiger partial charge in [-0.2, -0.15) is 0 Å². The maximum atomic E-state index is 11.6. The van der Waals surface area contributed by atoms with E-state index in [1.165, 1.54) is 0 Å². The summed E-state index contributed by atoms with van der Waals surface area (Å²) >= 11 is 0. The molecule has 0 aliphatic heterocycles. The van der Waals surface area contributed by atoms with Crippen LogP contribution in [0.3, 0.4) is 0 Å². The maximum absolute atomic E-state index is 11.6. The first-order valence-corrected chi connectivity index (χ1v) is 7.00. The van der Waals surface area contributed by atoms with E-state index in [0.717, 1.165) is 12.2 Å². The SMILES string of the molecule is Cn1ccnc1CNC(=O)NCCC(C)(C)CCC(=O)O. The van der Waals surface area contributed by atoms with Crippen molar-refractivity contribution in [1.82, 2.24) is 20.2 Å². The Morgan fingerprint density at radius 1 is 1.33 bits per heavy atom. The van der Waals surface area contributed by atoms with E-state index in [1.54, 1.807) is 6.20 Å². The second-order valence-electron chi connectivity index (χ2n) is 5.87. The lowest BCUT2D eigenvalue weighted by Gasteiger charge is -2.23. The van der Waals surface area contributed by atoms with E-state index in [9.17, 15) is 9.59 Å². The Kier molecular flexibility index (Phi) is 6.20. The van der Waals surface area contributed by atoms with Gasteiger partial charge >= 0.3 is 12.0 Å². The Hall–Kier alpha value is -2.05. The van der Waals surface area contributed by atoms with Crippen LogP contribution in [-0.2, 0) is 18.4 Å². The number of carboxylic acids is 1. The number of aliphatic carboxylic acids is 1. The van der Waals surface area contributed by atoms with E-state index < -0.39 is 5.97 Å². The number of carbonyl (C=O) groups excluding carboxylic acids is 1. The predicted molar refractivity (Wildman–Crippen MR) is 78.7 cm³/mol. The third-order valence-corrected chi connectivity index (χ3v) is 3.43. The number of aromatic nitrogens is 2. The highest BCUT2D eigenvalue weighted by atomic mass is 16.4. The van der Waals surface area contributed by atoms with Gasteiger partial charge < -0.3 is 20.3 Å². The van der Waals surface area contributed by atoms with Gasteiger partial charge in [-0.05, 0) is 18.3 Å². The Morgan fingerprint density at radius 3 is 2.62 bits per heavy atom. The van der Waals surface area contributed by atoms with Crippen molar-refractivity contribution in [2.24, 2.45) is 12.5 Å². The fourth-order valence-corrected chi connectivity index (χ4v) is 1.87. The summed E-state index contributed by atoms with van der Waals surface area (Å²) in [5.41, 5.74) is -0.106. The normalized spacial score (nSPS) is 11.2. The molecule has 0 aromatic carbocycles. The van der Waals surface area contributed by atoms with E-state index in [1.807, 2.05) is 31.7 Å². The lowest BCUT2D eigenvalue weighted by molar-refractivity contribution is -0.137. The molecule has 21 heavy (non-hydrogen) atoms. The van der Waals surface area contributed by atoms with Gasteiger partial charge in [-0.3, -0.25) is 4.79 Å². The van der Waals surface area contributed by atoms with Crippen molar-refractivity contribution in [3.8, 4) is 0 Å². The minimum Gasteiger partial charge on any atom is -0.481 e. The molecule has 1 rings (SSSR count). The molecule has 0 bridgehead atoms. The van der Waals surface area contributed by atoms with Crippen LogP contribution in [0.2, 0.25) is 0 Å². The highest BCUT2D eigenvalue weighted by Gasteiger charge is 2.19. The summed E-state index contributed by atoms with van der Waals surface area (Å²) in [4.78, 5) is 26.3. The quantitative estimate of drug-likeness (QED) is 0.677. The smallest absolute Gasteiger partial charge is 0.315 e. The van der Waals surface area contributed by atoms with Crippen LogP contribution in [0.25, 0.3) is 0 Å². The van der Waals surface area contributed by atoms with Crippen LogP contribution >= 0.6 is 0 Å². The molecule has 1 aromatic rings. The standard InChI is InChI=1S/C14H24N4O3/c1-14(2,5-4-12(19)20)6-7-16-13(21)17-10-11-15-8-9-18(11)3/h8-9H,4-7,10H2,1-3H3,(H,19,20)(H2,16,17,21). The molecule has 0 aliphatic carbocycles. The van der Waals surface area contributed by atoms with Gasteiger partial charge in [-0.25, -0.2) is 9.78 Å². The van der Waals surface area contributed by atoms with Gasteiger partial charge in [0.25, 0.3) is 0 Å². The van der Waals surface area contributed by atoms with E-state index in [2.05, 4.69) is 15.6 Å². The molecule has 0 aliphatic rings. The third kappa shape index (κ3) is 6.78. The molecule has 1 heterocycles. The lowest BCUT2D eigenvalue weighted by Crippen LogP contribution is -2.37. The number of imidazole rings is 1. The number of aryl methyl sites for hydroxylation is 1. The highest BCUT2D eigenvalue weighted by molar-refractivity contribution is 5.73. The number of hydrogen-bond donors (Lipinski definition) is 3. The van der Waals surface area contributed by atoms with Crippen LogP contribution in [0.4, 0.5) is 4.79 Å². The number of urea groups is 1. The molecule has 7 heteroatoms. The second kappa shape index (κ2) is 7.66. The molecule has 0 spiro atoms. The van der Waals surface area contributed by atoms with Gasteiger partial charge in [-0.15, -0.1) is 0 Å². The third-order valence-electron chi connectivity index (χ3n) is 3.43. The average molecular weight is 296 g/mol. The molecule has 1 aromatic heterocycles. The fourth-order valence-electron chi connectivity index (χ4n) is 1.87. The van der Waals surface area contributed by atoms with Crippen molar-refractivity contribution in [3.63, 3.8) is 0 Å². The first-order chi connectivity index (χ1) is 9.80. The summed E-state index contributed by atoms with van der Waals surface area (Å²) in [5, 5.41) is 14.2. The van der Waals surface area contributed by atoms with E-state index >= 15 is 0 Å². The van der Waals surface area contributed by atoms with Gasteiger partial charge in [0.1, 0.15) is 5.82 Å². The number of carbonyl (C=O) groups is 2. The van der Waals surface area contributed by atoms with Crippen LogP contribution in [-0.4, -0.2) is 33.2 Å². The van der Waals surface area contributed by atoms with Crippen molar-refractivity contribution in [2.75, 3.05) is 6.54 Å². The van der Waals surface area contributed by atoms with Gasteiger partial charge in [0.2, 0.25) is 0 Å². The Labute approximate surface area is 124 Å². The van der Waals surface area contributed by atoms with Crippen molar-refractivity contribution < 1.29 is 14.7 Å². The van der Waals surface area contributed by atoms with Crippen LogP contribution in [0.1, 0.15) is 38.9 Å². The zero-order valence-electron chi connectivity index (χ0n) is 12.8. The Morgan fingerprint density at radius 2 is 2.05 bits per heavy atom. The second-order valence-corrected chi connectivity index (χ2v) is 5.87. The Bertz CT molecular complexity index is 482. The zero-order valence-corrected chi connectivity index (χ0v) is 12.8. The maximum Gasteiger partial charge on any atom is 0.315 e. The first kappa shape index (κ1) is 17.0. The number of hydrogen-bond acceptors (Lipinski definition) is 3. The predicted octanol–water partition coefficient (Wildman–Crippen LogP) is 1.50. The molecule has 7 nitrogen and oxygen atoms in total. The monoisotopic (exact) mass is 296 g/mol. The highest BCUT2D eigenvalue weighted by Crippen LogP contribution is 2.25. The molecule has 118 valence electrons. The molecule has 2 amide bonds. The summed E-state index contributed by atoms with van der Waals surface area (Å²) < 4.78 is 1.84. The number of carboxylic acid groups (broad SMARTS) is 1.